The minimum Gasteiger partial charge on any atom is -0.406 e. The SMILES string of the molecule is O=C1CCC(N2Cc3cc(C(=O)N[C@H](c4cccc(OC(F)(F)F)c4)C(F)(F)F)ccc3C2=O)C(=O)N1. The first kappa shape index (κ1) is 26.0. The maximum atomic E-state index is 13.8. The van der Waals surface area contributed by atoms with E-state index in [4.69, 9.17) is 0 Å². The van der Waals surface area contributed by atoms with Crippen molar-refractivity contribution < 1.29 is 50.3 Å². The summed E-state index contributed by atoms with van der Waals surface area (Å²) in [5.74, 6) is -3.75. The van der Waals surface area contributed by atoms with E-state index < -0.39 is 59.6 Å². The summed E-state index contributed by atoms with van der Waals surface area (Å²) in [6, 6.07) is 3.12. The number of rotatable bonds is 5. The highest BCUT2D eigenvalue weighted by molar-refractivity contribution is 6.06. The van der Waals surface area contributed by atoms with Crippen molar-refractivity contribution in [3.05, 3.63) is 64.7 Å². The average molecular weight is 529 g/mol. The number of imide groups is 1. The standard InChI is InChI=1S/C23H17F6N3O5/c24-22(25,26)18(11-2-1-3-14(9-11)37-23(27,28)29)31-19(34)12-4-5-15-13(8-12)10-32(21(15)36)16-6-7-17(33)30-20(16)35/h1-5,8-9,16,18H,6-7,10H2,(H,31,34)(H,30,33,35)/t16?,18-/m1/s1. The van der Waals surface area contributed by atoms with Gasteiger partial charge in [0.15, 0.2) is 6.04 Å². The molecule has 2 heterocycles. The highest BCUT2D eigenvalue weighted by Gasteiger charge is 2.43. The summed E-state index contributed by atoms with van der Waals surface area (Å²) in [4.78, 5) is 50.2. The van der Waals surface area contributed by atoms with Crippen LogP contribution < -0.4 is 15.4 Å². The Kier molecular flexibility index (Phi) is 6.60. The molecule has 4 rings (SSSR count). The van der Waals surface area contributed by atoms with Crippen LogP contribution in [-0.4, -0.2) is 47.1 Å². The molecule has 1 unspecified atom stereocenters. The molecule has 2 aromatic rings. The van der Waals surface area contributed by atoms with Crippen molar-refractivity contribution in [2.75, 3.05) is 0 Å². The second-order valence-electron chi connectivity index (χ2n) is 8.34. The number of amides is 4. The number of halogens is 6. The molecule has 2 aliphatic rings. The van der Waals surface area contributed by atoms with E-state index in [2.05, 4.69) is 10.1 Å². The first-order valence-corrected chi connectivity index (χ1v) is 10.7. The third kappa shape index (κ3) is 5.67. The van der Waals surface area contributed by atoms with Crippen molar-refractivity contribution in [1.82, 2.24) is 15.5 Å². The van der Waals surface area contributed by atoms with Crippen LogP contribution in [0.25, 0.3) is 0 Å². The zero-order chi connectivity index (χ0) is 27.1. The van der Waals surface area contributed by atoms with Gasteiger partial charge >= 0.3 is 12.5 Å². The van der Waals surface area contributed by atoms with Gasteiger partial charge in [-0.3, -0.25) is 24.5 Å². The monoisotopic (exact) mass is 529 g/mol. The van der Waals surface area contributed by atoms with E-state index in [1.54, 1.807) is 5.32 Å². The van der Waals surface area contributed by atoms with Gasteiger partial charge in [0.2, 0.25) is 11.8 Å². The van der Waals surface area contributed by atoms with E-state index in [-0.39, 0.29) is 36.1 Å². The Bertz CT molecular complexity index is 1280. The number of piperidine rings is 1. The van der Waals surface area contributed by atoms with Gasteiger partial charge in [0, 0.05) is 24.1 Å². The van der Waals surface area contributed by atoms with Crippen LogP contribution in [-0.2, 0) is 16.1 Å². The minimum atomic E-state index is -5.13. The molecule has 1 fully saturated rings. The summed E-state index contributed by atoms with van der Waals surface area (Å²) >= 11 is 0. The Morgan fingerprint density at radius 2 is 1.78 bits per heavy atom. The molecule has 0 radical (unpaired) electrons. The Morgan fingerprint density at radius 3 is 2.43 bits per heavy atom. The van der Waals surface area contributed by atoms with Crippen LogP contribution in [0, 0.1) is 0 Å². The number of ether oxygens (including phenoxy) is 1. The number of fused-ring (bicyclic) bond motifs is 1. The molecule has 196 valence electrons. The normalized spacial score (nSPS) is 18.8. The molecule has 2 aliphatic heterocycles. The maximum absolute atomic E-state index is 13.8. The molecule has 0 spiro atoms. The molecule has 0 saturated carbocycles. The van der Waals surface area contributed by atoms with E-state index in [1.165, 1.54) is 17.0 Å². The van der Waals surface area contributed by atoms with Gasteiger partial charge in [0.05, 0.1) is 0 Å². The van der Waals surface area contributed by atoms with Crippen molar-refractivity contribution in [2.24, 2.45) is 0 Å². The van der Waals surface area contributed by atoms with Crippen molar-refractivity contribution in [3.63, 3.8) is 0 Å². The molecule has 2 aromatic carbocycles. The predicted molar refractivity (Wildman–Crippen MR) is 112 cm³/mol. The van der Waals surface area contributed by atoms with E-state index in [0.717, 1.165) is 24.3 Å². The van der Waals surface area contributed by atoms with Crippen LogP contribution in [0.1, 0.15) is 50.7 Å². The summed E-state index contributed by atoms with van der Waals surface area (Å²) in [6.07, 6.45) is -10.1. The van der Waals surface area contributed by atoms with Gasteiger partial charge in [-0.1, -0.05) is 12.1 Å². The lowest BCUT2D eigenvalue weighted by molar-refractivity contribution is -0.274. The fourth-order valence-electron chi connectivity index (χ4n) is 4.18. The Morgan fingerprint density at radius 1 is 1.05 bits per heavy atom. The summed E-state index contributed by atoms with van der Waals surface area (Å²) in [7, 11) is 0. The van der Waals surface area contributed by atoms with Crippen molar-refractivity contribution >= 4 is 23.6 Å². The third-order valence-corrected chi connectivity index (χ3v) is 5.81. The van der Waals surface area contributed by atoms with Crippen LogP contribution in [0.5, 0.6) is 5.75 Å². The highest BCUT2D eigenvalue weighted by Crippen LogP contribution is 2.35. The van der Waals surface area contributed by atoms with Gasteiger partial charge in [-0.15, -0.1) is 13.2 Å². The van der Waals surface area contributed by atoms with E-state index in [9.17, 15) is 45.5 Å². The smallest absolute Gasteiger partial charge is 0.406 e. The first-order valence-electron chi connectivity index (χ1n) is 10.7. The topological polar surface area (TPSA) is 105 Å². The average Bonchev–Trinajstić information content (AvgIpc) is 3.11. The summed E-state index contributed by atoms with van der Waals surface area (Å²) in [5, 5.41) is 3.90. The van der Waals surface area contributed by atoms with Crippen molar-refractivity contribution in [1.29, 1.82) is 0 Å². The summed E-state index contributed by atoms with van der Waals surface area (Å²) in [6.45, 7) is -0.110. The second-order valence-corrected chi connectivity index (χ2v) is 8.34. The van der Waals surface area contributed by atoms with Crippen LogP contribution in [0.4, 0.5) is 26.3 Å². The molecule has 1 saturated heterocycles. The minimum absolute atomic E-state index is 0.0260. The molecule has 37 heavy (non-hydrogen) atoms. The number of nitrogens with zero attached hydrogens (tertiary/aromatic N) is 1. The zero-order valence-corrected chi connectivity index (χ0v) is 18.6. The fraction of sp³-hybridized carbons (Fsp3) is 0.304. The quantitative estimate of drug-likeness (QED) is 0.457. The molecule has 8 nitrogen and oxygen atoms in total. The number of alkyl halides is 6. The van der Waals surface area contributed by atoms with Crippen LogP contribution in [0.3, 0.4) is 0 Å². The second kappa shape index (κ2) is 9.41. The number of hydrogen-bond donors (Lipinski definition) is 2. The number of carbonyl (C=O) groups is 4. The number of hydrogen-bond acceptors (Lipinski definition) is 5. The number of nitrogens with one attached hydrogen (secondary N) is 2. The van der Waals surface area contributed by atoms with E-state index in [1.807, 2.05) is 0 Å². The zero-order valence-electron chi connectivity index (χ0n) is 18.6. The van der Waals surface area contributed by atoms with Crippen LogP contribution >= 0.6 is 0 Å². The summed E-state index contributed by atoms with van der Waals surface area (Å²) in [5.41, 5.74) is -0.506. The Labute approximate surface area is 204 Å². The van der Waals surface area contributed by atoms with Gasteiger partial charge < -0.3 is 15.0 Å². The van der Waals surface area contributed by atoms with Crippen molar-refractivity contribution in [2.45, 2.75) is 44.0 Å². The van der Waals surface area contributed by atoms with Gasteiger partial charge in [0.25, 0.3) is 11.8 Å². The van der Waals surface area contributed by atoms with Gasteiger partial charge in [-0.25, -0.2) is 0 Å². The lowest BCUT2D eigenvalue weighted by atomic mass is 10.0. The molecule has 0 bridgehead atoms. The maximum Gasteiger partial charge on any atom is 0.573 e. The first-order chi connectivity index (χ1) is 17.2. The molecule has 2 atom stereocenters. The predicted octanol–water partition coefficient (Wildman–Crippen LogP) is 3.38. The van der Waals surface area contributed by atoms with Gasteiger partial charge in [0.1, 0.15) is 11.8 Å². The van der Waals surface area contributed by atoms with Crippen LogP contribution in [0.2, 0.25) is 0 Å². The third-order valence-electron chi connectivity index (χ3n) is 5.81. The molecule has 0 aromatic heterocycles. The molecular weight excluding hydrogens is 512 g/mol. The Balaban J connectivity index is 1.54. The summed E-state index contributed by atoms with van der Waals surface area (Å²) < 4.78 is 82.4. The number of benzene rings is 2. The largest absolute Gasteiger partial charge is 0.573 e. The van der Waals surface area contributed by atoms with E-state index >= 15 is 0 Å². The molecular formula is C23H17F6N3O5. The fourth-order valence-corrected chi connectivity index (χ4v) is 4.18. The number of carbonyl (C=O) groups excluding carboxylic acids is 4. The van der Waals surface area contributed by atoms with E-state index in [0.29, 0.717) is 6.07 Å². The van der Waals surface area contributed by atoms with Gasteiger partial charge in [-0.2, -0.15) is 13.2 Å². The van der Waals surface area contributed by atoms with Crippen LogP contribution in [0.15, 0.2) is 42.5 Å². The molecule has 0 aliphatic carbocycles. The lowest BCUT2D eigenvalue weighted by Crippen LogP contribution is -2.52. The van der Waals surface area contributed by atoms with Gasteiger partial charge in [-0.05, 0) is 47.9 Å². The highest BCUT2D eigenvalue weighted by atomic mass is 19.4. The molecule has 2 N–H and O–H groups in total. The molecule has 4 amide bonds. The van der Waals surface area contributed by atoms with Crippen molar-refractivity contribution in [3.8, 4) is 5.75 Å². The Hall–Kier alpha value is -4.10. The lowest BCUT2D eigenvalue weighted by Gasteiger charge is -2.29. The molecule has 14 heteroatoms.